The van der Waals surface area contributed by atoms with E-state index in [2.05, 4.69) is 19.2 Å². The largest absolute Gasteiger partial charge is 0.311 e. The molecule has 2 saturated carbocycles. The van der Waals surface area contributed by atoms with Crippen LogP contribution in [-0.4, -0.2) is 12.1 Å². The van der Waals surface area contributed by atoms with Crippen LogP contribution in [0.4, 0.5) is 0 Å². The van der Waals surface area contributed by atoms with Crippen molar-refractivity contribution in [2.75, 3.05) is 0 Å². The maximum Gasteiger partial charge on any atom is 0.0126 e. The molecule has 0 aliphatic heterocycles. The molecule has 11 heavy (non-hydrogen) atoms. The first-order valence-corrected chi connectivity index (χ1v) is 5.03. The molecule has 0 radical (unpaired) electrons. The average molecular weight is 153 g/mol. The third-order valence-electron chi connectivity index (χ3n) is 3.36. The fourth-order valence-electron chi connectivity index (χ4n) is 2.91. The molecule has 2 bridgehead atoms. The highest BCUT2D eigenvalue weighted by atomic mass is 15.0. The van der Waals surface area contributed by atoms with Crippen molar-refractivity contribution >= 4 is 0 Å². The van der Waals surface area contributed by atoms with Crippen LogP contribution in [0.25, 0.3) is 0 Å². The Labute approximate surface area is 69.6 Å². The maximum atomic E-state index is 3.70. The van der Waals surface area contributed by atoms with Crippen molar-refractivity contribution in [3.8, 4) is 0 Å². The van der Waals surface area contributed by atoms with Crippen molar-refractivity contribution in [2.45, 2.75) is 51.6 Å². The SMILES string of the molecule is CC(C)NC1C2CCC1CC2. The predicted octanol–water partition coefficient (Wildman–Crippen LogP) is 2.17. The topological polar surface area (TPSA) is 12.0 Å². The normalized spacial score (nSPS) is 42.3. The van der Waals surface area contributed by atoms with Gasteiger partial charge in [-0.2, -0.15) is 0 Å². The Morgan fingerprint density at radius 1 is 1.00 bits per heavy atom. The molecule has 0 aromatic heterocycles. The molecule has 2 rings (SSSR count). The highest BCUT2D eigenvalue weighted by molar-refractivity contribution is 4.96. The van der Waals surface area contributed by atoms with Gasteiger partial charge in [0, 0.05) is 12.1 Å². The molecule has 2 aliphatic rings. The van der Waals surface area contributed by atoms with Crippen LogP contribution in [0.3, 0.4) is 0 Å². The lowest BCUT2D eigenvalue weighted by Crippen LogP contribution is -2.37. The van der Waals surface area contributed by atoms with Gasteiger partial charge >= 0.3 is 0 Å². The summed E-state index contributed by atoms with van der Waals surface area (Å²) < 4.78 is 0. The lowest BCUT2D eigenvalue weighted by molar-refractivity contribution is 0.384. The third-order valence-corrected chi connectivity index (χ3v) is 3.36. The summed E-state index contributed by atoms with van der Waals surface area (Å²) in [5.74, 6) is 2.06. The van der Waals surface area contributed by atoms with Gasteiger partial charge in [0.05, 0.1) is 0 Å². The number of nitrogens with one attached hydrogen (secondary N) is 1. The second-order valence-electron chi connectivity index (χ2n) is 4.52. The number of hydrogen-bond donors (Lipinski definition) is 1. The van der Waals surface area contributed by atoms with Crippen LogP contribution in [0.2, 0.25) is 0 Å². The molecule has 0 heterocycles. The summed E-state index contributed by atoms with van der Waals surface area (Å²) in [7, 11) is 0. The van der Waals surface area contributed by atoms with Crippen LogP contribution in [0.1, 0.15) is 39.5 Å². The third kappa shape index (κ3) is 1.31. The Morgan fingerprint density at radius 3 is 1.82 bits per heavy atom. The van der Waals surface area contributed by atoms with Crippen LogP contribution in [0.5, 0.6) is 0 Å². The Bertz CT molecular complexity index is 122. The van der Waals surface area contributed by atoms with Gasteiger partial charge in [-0.1, -0.05) is 13.8 Å². The van der Waals surface area contributed by atoms with Crippen molar-refractivity contribution in [3.63, 3.8) is 0 Å². The summed E-state index contributed by atoms with van der Waals surface area (Å²) in [5, 5.41) is 3.70. The van der Waals surface area contributed by atoms with Gasteiger partial charge in [0.25, 0.3) is 0 Å². The first-order valence-electron chi connectivity index (χ1n) is 5.03. The van der Waals surface area contributed by atoms with E-state index >= 15 is 0 Å². The minimum Gasteiger partial charge on any atom is -0.311 e. The Hall–Kier alpha value is -0.0400. The van der Waals surface area contributed by atoms with Crippen molar-refractivity contribution < 1.29 is 0 Å². The molecule has 0 aromatic rings. The van der Waals surface area contributed by atoms with E-state index in [1.54, 1.807) is 0 Å². The van der Waals surface area contributed by atoms with Crippen LogP contribution in [-0.2, 0) is 0 Å². The van der Waals surface area contributed by atoms with Gasteiger partial charge in [-0.3, -0.25) is 0 Å². The van der Waals surface area contributed by atoms with E-state index in [-0.39, 0.29) is 0 Å². The van der Waals surface area contributed by atoms with Crippen molar-refractivity contribution in [1.82, 2.24) is 5.32 Å². The molecule has 0 aromatic carbocycles. The van der Waals surface area contributed by atoms with E-state index in [0.717, 1.165) is 17.9 Å². The summed E-state index contributed by atoms with van der Waals surface area (Å²) in [6.07, 6.45) is 5.98. The predicted molar refractivity (Wildman–Crippen MR) is 47.5 cm³/mol. The average Bonchev–Trinajstić information content (AvgIpc) is 2.48. The van der Waals surface area contributed by atoms with Gasteiger partial charge in [-0.15, -0.1) is 0 Å². The fourth-order valence-corrected chi connectivity index (χ4v) is 2.91. The van der Waals surface area contributed by atoms with Crippen LogP contribution in [0, 0.1) is 11.8 Å². The minimum absolute atomic E-state index is 0.682. The number of fused-ring (bicyclic) bond motifs is 2. The lowest BCUT2D eigenvalue weighted by Gasteiger charge is -2.20. The first kappa shape index (κ1) is 7.60. The summed E-state index contributed by atoms with van der Waals surface area (Å²) in [6.45, 7) is 4.52. The van der Waals surface area contributed by atoms with Crippen LogP contribution < -0.4 is 5.32 Å². The quantitative estimate of drug-likeness (QED) is 0.641. The molecule has 64 valence electrons. The van der Waals surface area contributed by atoms with E-state index in [9.17, 15) is 0 Å². The van der Waals surface area contributed by atoms with Crippen LogP contribution in [0.15, 0.2) is 0 Å². The summed E-state index contributed by atoms with van der Waals surface area (Å²) >= 11 is 0. The highest BCUT2D eigenvalue weighted by Gasteiger charge is 2.41. The van der Waals surface area contributed by atoms with E-state index in [1.165, 1.54) is 25.7 Å². The molecule has 0 unspecified atom stereocenters. The molecule has 1 N–H and O–H groups in total. The number of hydrogen-bond acceptors (Lipinski definition) is 1. The van der Waals surface area contributed by atoms with E-state index in [0.29, 0.717) is 6.04 Å². The first-order chi connectivity index (χ1) is 5.27. The van der Waals surface area contributed by atoms with Crippen LogP contribution >= 0.6 is 0 Å². The fraction of sp³-hybridized carbons (Fsp3) is 1.00. The van der Waals surface area contributed by atoms with Crippen molar-refractivity contribution in [3.05, 3.63) is 0 Å². The van der Waals surface area contributed by atoms with Crippen molar-refractivity contribution in [1.29, 1.82) is 0 Å². The summed E-state index contributed by atoms with van der Waals surface area (Å²) in [6, 6.07) is 1.57. The zero-order valence-corrected chi connectivity index (χ0v) is 7.64. The molecule has 1 heteroatoms. The molecule has 1 nitrogen and oxygen atoms in total. The molecular weight excluding hydrogens is 134 g/mol. The van der Waals surface area contributed by atoms with E-state index < -0.39 is 0 Å². The second-order valence-corrected chi connectivity index (χ2v) is 4.52. The smallest absolute Gasteiger partial charge is 0.0126 e. The molecule has 0 saturated heterocycles. The molecule has 0 spiro atoms. The summed E-state index contributed by atoms with van der Waals surface area (Å²) in [5.41, 5.74) is 0. The molecule has 2 fully saturated rings. The Morgan fingerprint density at radius 2 is 1.45 bits per heavy atom. The zero-order valence-electron chi connectivity index (χ0n) is 7.64. The Kier molecular flexibility index (Phi) is 1.92. The zero-order chi connectivity index (χ0) is 7.84. The maximum absolute atomic E-state index is 3.70. The van der Waals surface area contributed by atoms with Gasteiger partial charge in [-0.05, 0) is 37.5 Å². The van der Waals surface area contributed by atoms with Gasteiger partial charge in [0.1, 0.15) is 0 Å². The van der Waals surface area contributed by atoms with E-state index in [4.69, 9.17) is 0 Å². The van der Waals surface area contributed by atoms with Gasteiger partial charge in [0.15, 0.2) is 0 Å². The molecular formula is C10H19N. The molecule has 0 amide bonds. The summed E-state index contributed by atoms with van der Waals surface area (Å²) in [4.78, 5) is 0. The molecule has 0 atom stereocenters. The minimum atomic E-state index is 0.682. The van der Waals surface area contributed by atoms with Gasteiger partial charge in [-0.25, -0.2) is 0 Å². The van der Waals surface area contributed by atoms with Crippen molar-refractivity contribution in [2.24, 2.45) is 11.8 Å². The lowest BCUT2D eigenvalue weighted by atomic mass is 10.0. The van der Waals surface area contributed by atoms with E-state index in [1.807, 2.05) is 0 Å². The van der Waals surface area contributed by atoms with Gasteiger partial charge < -0.3 is 5.32 Å². The highest BCUT2D eigenvalue weighted by Crippen LogP contribution is 2.44. The monoisotopic (exact) mass is 153 g/mol. The standard InChI is InChI=1S/C10H19N/c1-7(2)11-10-8-3-4-9(10)6-5-8/h7-11H,3-6H2,1-2H3. The second kappa shape index (κ2) is 2.78. The molecule has 2 aliphatic carbocycles. The van der Waals surface area contributed by atoms with Gasteiger partial charge in [0.2, 0.25) is 0 Å². The Balaban J connectivity index is 1.94. The number of rotatable bonds is 2.